The second-order valence-electron chi connectivity index (χ2n) is 5.40. The van der Waals surface area contributed by atoms with Gasteiger partial charge >= 0.3 is 0 Å². The van der Waals surface area contributed by atoms with Crippen molar-refractivity contribution in [3.63, 3.8) is 0 Å². The van der Waals surface area contributed by atoms with E-state index in [1.54, 1.807) is 11.8 Å². The number of nitrogens with zero attached hydrogens (tertiary/aromatic N) is 3. The first kappa shape index (κ1) is 14.2. The lowest BCUT2D eigenvalue weighted by Crippen LogP contribution is -2.31. The van der Waals surface area contributed by atoms with E-state index in [1.807, 2.05) is 19.4 Å². The minimum absolute atomic E-state index is 0.616. The summed E-state index contributed by atoms with van der Waals surface area (Å²) in [6, 6.07) is 10.6. The van der Waals surface area contributed by atoms with Crippen LogP contribution in [-0.2, 0) is 6.42 Å². The van der Waals surface area contributed by atoms with Crippen LogP contribution in [0.1, 0.15) is 12.5 Å². The predicted molar refractivity (Wildman–Crippen MR) is 89.7 cm³/mol. The number of benzene rings is 1. The predicted octanol–water partition coefficient (Wildman–Crippen LogP) is 3.57. The molecule has 0 saturated heterocycles. The molecule has 1 aromatic heterocycles. The summed E-state index contributed by atoms with van der Waals surface area (Å²) in [7, 11) is 1.89. The van der Waals surface area contributed by atoms with Gasteiger partial charge in [-0.2, -0.15) is 0 Å². The topological polar surface area (TPSA) is 41.0 Å². The van der Waals surface area contributed by atoms with Crippen molar-refractivity contribution in [2.75, 3.05) is 30.1 Å². The first-order valence-corrected chi connectivity index (χ1v) is 8.40. The number of para-hydroxylation sites is 1. The zero-order valence-corrected chi connectivity index (χ0v) is 13.4. The highest BCUT2D eigenvalue weighted by molar-refractivity contribution is 7.98. The molecule has 3 rings (SSSR count). The fraction of sp³-hybridized carbons (Fsp3) is 0.375. The highest BCUT2D eigenvalue weighted by Gasteiger charge is 2.24. The van der Waals surface area contributed by atoms with Crippen molar-refractivity contribution in [3.8, 4) is 0 Å². The quantitative estimate of drug-likeness (QED) is 0.693. The fourth-order valence-electron chi connectivity index (χ4n) is 2.78. The molecule has 0 aliphatic carbocycles. The van der Waals surface area contributed by atoms with Crippen LogP contribution in [0.4, 0.5) is 17.3 Å². The SMILES string of the molecule is CNc1cc(N2CC(C)Cc3ccccc32)nc(SC)n1. The largest absolute Gasteiger partial charge is 0.373 e. The summed E-state index contributed by atoms with van der Waals surface area (Å²) in [5.41, 5.74) is 2.66. The molecule has 2 heterocycles. The van der Waals surface area contributed by atoms with E-state index >= 15 is 0 Å². The number of anilines is 3. The van der Waals surface area contributed by atoms with Gasteiger partial charge in [0.05, 0.1) is 0 Å². The maximum absolute atomic E-state index is 4.69. The van der Waals surface area contributed by atoms with Gasteiger partial charge in [-0.25, -0.2) is 9.97 Å². The molecule has 0 fully saturated rings. The van der Waals surface area contributed by atoms with Gasteiger partial charge in [-0.3, -0.25) is 0 Å². The molecule has 1 aromatic carbocycles. The Bertz CT molecular complexity index is 622. The van der Waals surface area contributed by atoms with Gasteiger partial charge in [-0.1, -0.05) is 36.9 Å². The summed E-state index contributed by atoms with van der Waals surface area (Å²) in [5, 5.41) is 3.92. The summed E-state index contributed by atoms with van der Waals surface area (Å²) in [6.07, 6.45) is 3.14. The fourth-order valence-corrected chi connectivity index (χ4v) is 3.16. The first-order chi connectivity index (χ1) is 10.2. The van der Waals surface area contributed by atoms with E-state index in [9.17, 15) is 0 Å². The summed E-state index contributed by atoms with van der Waals surface area (Å²) < 4.78 is 0. The van der Waals surface area contributed by atoms with Gasteiger partial charge in [0, 0.05) is 25.3 Å². The number of nitrogens with one attached hydrogen (secondary N) is 1. The van der Waals surface area contributed by atoms with Gasteiger partial charge in [0.25, 0.3) is 0 Å². The normalized spacial score (nSPS) is 17.5. The Balaban J connectivity index is 2.08. The number of thioether (sulfide) groups is 1. The lowest BCUT2D eigenvalue weighted by Gasteiger charge is -2.34. The molecule has 0 bridgehead atoms. The molecular formula is C16H20N4S. The molecule has 2 aromatic rings. The standard InChI is InChI=1S/C16H20N4S/c1-11-8-12-6-4-5-7-13(12)20(10-11)15-9-14(17-2)18-16(19-15)21-3/h4-7,9,11H,8,10H2,1-3H3,(H,17,18,19). The molecular weight excluding hydrogens is 280 g/mol. The van der Waals surface area contributed by atoms with E-state index in [2.05, 4.69) is 46.4 Å². The van der Waals surface area contributed by atoms with E-state index in [0.29, 0.717) is 5.92 Å². The maximum atomic E-state index is 4.69. The molecule has 21 heavy (non-hydrogen) atoms. The minimum Gasteiger partial charge on any atom is -0.373 e. The Morgan fingerprint density at radius 1 is 1.29 bits per heavy atom. The third kappa shape index (κ3) is 2.83. The van der Waals surface area contributed by atoms with E-state index in [4.69, 9.17) is 4.98 Å². The van der Waals surface area contributed by atoms with Crippen LogP contribution in [0.2, 0.25) is 0 Å². The Hall–Kier alpha value is -1.75. The second kappa shape index (κ2) is 5.93. The zero-order valence-electron chi connectivity index (χ0n) is 12.6. The lowest BCUT2D eigenvalue weighted by molar-refractivity contribution is 0.559. The molecule has 1 N–H and O–H groups in total. The molecule has 1 aliphatic rings. The molecule has 110 valence electrons. The molecule has 0 radical (unpaired) electrons. The Kier molecular flexibility index (Phi) is 4.01. The van der Waals surface area contributed by atoms with Gasteiger partial charge in [0.15, 0.2) is 5.16 Å². The Morgan fingerprint density at radius 3 is 2.86 bits per heavy atom. The molecule has 1 unspecified atom stereocenters. The van der Waals surface area contributed by atoms with Crippen molar-refractivity contribution in [3.05, 3.63) is 35.9 Å². The molecule has 4 nitrogen and oxygen atoms in total. The molecule has 0 saturated carbocycles. The highest BCUT2D eigenvalue weighted by atomic mass is 32.2. The van der Waals surface area contributed by atoms with Crippen LogP contribution in [0.3, 0.4) is 0 Å². The molecule has 5 heteroatoms. The number of hydrogen-bond donors (Lipinski definition) is 1. The highest BCUT2D eigenvalue weighted by Crippen LogP contribution is 2.35. The first-order valence-electron chi connectivity index (χ1n) is 7.17. The molecule has 0 spiro atoms. The van der Waals surface area contributed by atoms with Gasteiger partial charge < -0.3 is 10.2 Å². The lowest BCUT2D eigenvalue weighted by atomic mass is 9.94. The number of fused-ring (bicyclic) bond motifs is 1. The van der Waals surface area contributed by atoms with Crippen molar-refractivity contribution >= 4 is 29.1 Å². The third-order valence-corrected chi connectivity index (χ3v) is 4.30. The second-order valence-corrected chi connectivity index (χ2v) is 6.17. The van der Waals surface area contributed by atoms with E-state index in [1.165, 1.54) is 11.3 Å². The van der Waals surface area contributed by atoms with Crippen molar-refractivity contribution in [2.45, 2.75) is 18.5 Å². The van der Waals surface area contributed by atoms with Crippen LogP contribution in [0, 0.1) is 5.92 Å². The number of aromatic nitrogens is 2. The van der Waals surface area contributed by atoms with Crippen molar-refractivity contribution < 1.29 is 0 Å². The van der Waals surface area contributed by atoms with Gasteiger partial charge in [-0.15, -0.1) is 0 Å². The third-order valence-electron chi connectivity index (χ3n) is 3.75. The van der Waals surface area contributed by atoms with Crippen molar-refractivity contribution in [2.24, 2.45) is 5.92 Å². The van der Waals surface area contributed by atoms with Gasteiger partial charge in [-0.05, 0) is 30.2 Å². The number of hydrogen-bond acceptors (Lipinski definition) is 5. The average Bonchev–Trinajstić information content (AvgIpc) is 2.53. The van der Waals surface area contributed by atoms with Crippen LogP contribution < -0.4 is 10.2 Å². The molecule has 1 aliphatic heterocycles. The van der Waals surface area contributed by atoms with E-state index in [0.717, 1.165) is 29.8 Å². The number of rotatable bonds is 3. The maximum Gasteiger partial charge on any atom is 0.191 e. The Morgan fingerprint density at radius 2 is 2.10 bits per heavy atom. The van der Waals surface area contributed by atoms with Crippen LogP contribution in [0.5, 0.6) is 0 Å². The Labute approximate surface area is 130 Å². The molecule has 1 atom stereocenters. The van der Waals surface area contributed by atoms with Crippen LogP contribution >= 0.6 is 11.8 Å². The summed E-state index contributed by atoms with van der Waals surface area (Å²) in [4.78, 5) is 11.5. The summed E-state index contributed by atoms with van der Waals surface area (Å²) >= 11 is 1.57. The summed E-state index contributed by atoms with van der Waals surface area (Å²) in [6.45, 7) is 3.28. The van der Waals surface area contributed by atoms with Crippen molar-refractivity contribution in [1.29, 1.82) is 0 Å². The van der Waals surface area contributed by atoms with Crippen molar-refractivity contribution in [1.82, 2.24) is 9.97 Å². The average molecular weight is 300 g/mol. The monoisotopic (exact) mass is 300 g/mol. The summed E-state index contributed by atoms with van der Waals surface area (Å²) in [5.74, 6) is 2.45. The zero-order chi connectivity index (χ0) is 14.8. The minimum atomic E-state index is 0.616. The van der Waals surface area contributed by atoms with Crippen LogP contribution in [0.25, 0.3) is 0 Å². The van der Waals surface area contributed by atoms with E-state index in [-0.39, 0.29) is 0 Å². The smallest absolute Gasteiger partial charge is 0.191 e. The van der Waals surface area contributed by atoms with Gasteiger partial charge in [0.2, 0.25) is 0 Å². The van der Waals surface area contributed by atoms with Crippen LogP contribution in [-0.4, -0.2) is 29.8 Å². The van der Waals surface area contributed by atoms with Gasteiger partial charge in [0.1, 0.15) is 11.6 Å². The molecule has 0 amide bonds. The van der Waals surface area contributed by atoms with E-state index < -0.39 is 0 Å². The van der Waals surface area contributed by atoms with Crippen LogP contribution in [0.15, 0.2) is 35.5 Å².